The lowest BCUT2D eigenvalue weighted by Gasteiger charge is -2.40. The maximum Gasteiger partial charge on any atom is -0.0409 e. The second-order valence-corrected chi connectivity index (χ2v) is 9.03. The van der Waals surface area contributed by atoms with E-state index in [4.69, 9.17) is 0 Å². The topological polar surface area (TPSA) is 0 Å². The van der Waals surface area contributed by atoms with Crippen molar-refractivity contribution in [2.75, 3.05) is 0 Å². The van der Waals surface area contributed by atoms with Crippen LogP contribution in [0.4, 0.5) is 0 Å². The lowest BCUT2D eigenvalue weighted by atomic mass is 9.65. The van der Waals surface area contributed by atoms with Gasteiger partial charge in [0.15, 0.2) is 0 Å². The summed E-state index contributed by atoms with van der Waals surface area (Å²) in [4.78, 5) is 0. The Hall–Kier alpha value is 0. The molecule has 0 N–H and O–H groups in total. The summed E-state index contributed by atoms with van der Waals surface area (Å²) in [5.74, 6) is 6.69. The zero-order valence-corrected chi connectivity index (χ0v) is 13.4. The maximum absolute atomic E-state index is 1.61. The predicted molar refractivity (Wildman–Crippen MR) is 85.6 cm³/mol. The van der Waals surface area contributed by atoms with Crippen LogP contribution in [0.3, 0.4) is 0 Å². The van der Waals surface area contributed by atoms with E-state index < -0.39 is 0 Å². The molecule has 6 aliphatic carbocycles. The molecule has 114 valence electrons. The summed E-state index contributed by atoms with van der Waals surface area (Å²) in [6.45, 7) is 0. The van der Waals surface area contributed by atoms with Crippen LogP contribution in [-0.4, -0.2) is 0 Å². The highest BCUT2D eigenvalue weighted by Gasteiger charge is 2.33. The molecule has 20 heavy (non-hydrogen) atoms. The quantitative estimate of drug-likeness (QED) is 0.493. The van der Waals surface area contributed by atoms with Crippen molar-refractivity contribution in [3.63, 3.8) is 0 Å². The molecule has 0 heterocycles. The van der Waals surface area contributed by atoms with Gasteiger partial charge in [-0.05, 0) is 61.2 Å². The Kier molecular flexibility index (Phi) is 4.10. The van der Waals surface area contributed by atoms with Gasteiger partial charge in [-0.15, -0.1) is 0 Å². The van der Waals surface area contributed by atoms with Gasteiger partial charge < -0.3 is 0 Å². The maximum atomic E-state index is 1.61. The molecule has 0 atom stereocenters. The normalized spacial score (nSPS) is 49.2. The Morgan fingerprint density at radius 3 is 0.700 bits per heavy atom. The molecule has 0 nitrogen and oxygen atoms in total. The second-order valence-electron chi connectivity index (χ2n) is 9.03. The molecular formula is C20H34. The Balaban J connectivity index is 1.55. The van der Waals surface area contributed by atoms with Gasteiger partial charge in [-0.3, -0.25) is 0 Å². The lowest BCUT2D eigenvalue weighted by Crippen LogP contribution is -2.28. The second kappa shape index (κ2) is 6.01. The summed E-state index contributed by atoms with van der Waals surface area (Å²) in [5.41, 5.74) is 0. The first kappa shape index (κ1) is 13.6. The van der Waals surface area contributed by atoms with E-state index in [0.29, 0.717) is 0 Å². The van der Waals surface area contributed by atoms with Crippen molar-refractivity contribution in [3.05, 3.63) is 0 Å². The zero-order valence-electron chi connectivity index (χ0n) is 13.4. The SMILES string of the molecule is C1CC2CCC1CC1CCC(C2)CC2CCC(CC2)C1. The van der Waals surface area contributed by atoms with Gasteiger partial charge in [-0.25, -0.2) is 0 Å². The van der Waals surface area contributed by atoms with Crippen LogP contribution < -0.4 is 0 Å². The van der Waals surface area contributed by atoms with E-state index in [-0.39, 0.29) is 0 Å². The number of hydrogen-bond donors (Lipinski definition) is 0. The van der Waals surface area contributed by atoms with E-state index in [0.717, 1.165) is 35.5 Å². The van der Waals surface area contributed by atoms with Crippen molar-refractivity contribution in [3.8, 4) is 0 Å². The zero-order chi connectivity index (χ0) is 13.4. The third kappa shape index (κ3) is 3.09. The van der Waals surface area contributed by atoms with Crippen LogP contribution in [-0.2, 0) is 0 Å². The highest BCUT2D eigenvalue weighted by molar-refractivity contribution is 4.85. The van der Waals surface area contributed by atoms with E-state index in [9.17, 15) is 0 Å². The molecule has 0 saturated heterocycles. The van der Waals surface area contributed by atoms with Gasteiger partial charge in [0.25, 0.3) is 0 Å². The number of fused-ring (bicyclic) bond motifs is 4. The summed E-state index contributed by atoms with van der Waals surface area (Å²) < 4.78 is 0. The molecule has 0 unspecified atom stereocenters. The molecule has 6 saturated carbocycles. The van der Waals surface area contributed by atoms with E-state index in [2.05, 4.69) is 0 Å². The van der Waals surface area contributed by atoms with E-state index in [1.807, 2.05) is 0 Å². The molecule has 6 rings (SSSR count). The minimum atomic E-state index is 1.11. The first-order valence-electron chi connectivity index (χ1n) is 9.85. The Morgan fingerprint density at radius 2 is 0.450 bits per heavy atom. The van der Waals surface area contributed by atoms with E-state index >= 15 is 0 Å². The monoisotopic (exact) mass is 274 g/mol. The fraction of sp³-hybridized carbons (Fsp3) is 1.00. The van der Waals surface area contributed by atoms with Gasteiger partial charge in [0, 0.05) is 0 Å². The van der Waals surface area contributed by atoms with Gasteiger partial charge in [-0.1, -0.05) is 64.2 Å². The Labute approximate surface area is 126 Å². The van der Waals surface area contributed by atoms with Gasteiger partial charge in [0.2, 0.25) is 0 Å². The van der Waals surface area contributed by atoms with Gasteiger partial charge in [0.05, 0.1) is 0 Å². The Morgan fingerprint density at radius 1 is 0.250 bits per heavy atom. The minimum absolute atomic E-state index is 1.11. The molecule has 0 amide bonds. The van der Waals surface area contributed by atoms with Crippen LogP contribution in [0.2, 0.25) is 0 Å². The summed E-state index contributed by atoms with van der Waals surface area (Å²) in [6, 6.07) is 0. The van der Waals surface area contributed by atoms with Crippen LogP contribution in [0.25, 0.3) is 0 Å². The van der Waals surface area contributed by atoms with Gasteiger partial charge >= 0.3 is 0 Å². The third-order valence-corrected chi connectivity index (χ3v) is 7.58. The summed E-state index contributed by atoms with van der Waals surface area (Å²) >= 11 is 0. The third-order valence-electron chi connectivity index (χ3n) is 7.58. The van der Waals surface area contributed by atoms with Crippen molar-refractivity contribution < 1.29 is 0 Å². The van der Waals surface area contributed by atoms with Crippen molar-refractivity contribution in [2.24, 2.45) is 35.5 Å². The smallest absolute Gasteiger partial charge is 0.0409 e. The van der Waals surface area contributed by atoms with Crippen molar-refractivity contribution in [1.29, 1.82) is 0 Å². The summed E-state index contributed by atoms with van der Waals surface area (Å²) in [5, 5.41) is 0. The largest absolute Gasteiger partial charge is 0.0502 e. The molecule has 0 aromatic rings. The van der Waals surface area contributed by atoms with Gasteiger partial charge in [0.1, 0.15) is 0 Å². The van der Waals surface area contributed by atoms with Crippen LogP contribution in [0.1, 0.15) is 89.9 Å². The van der Waals surface area contributed by atoms with Crippen LogP contribution in [0.15, 0.2) is 0 Å². The summed E-state index contributed by atoms with van der Waals surface area (Å²) in [6.07, 6.45) is 22.3. The molecule has 0 aromatic carbocycles. The molecule has 6 aliphatic rings. The minimum Gasteiger partial charge on any atom is -0.0502 e. The molecule has 6 bridgehead atoms. The predicted octanol–water partition coefficient (Wildman–Crippen LogP) is 6.20. The van der Waals surface area contributed by atoms with Crippen LogP contribution >= 0.6 is 0 Å². The van der Waals surface area contributed by atoms with E-state index in [1.54, 1.807) is 89.9 Å². The average Bonchev–Trinajstić information content (AvgIpc) is 2.50. The molecule has 0 spiro atoms. The molecule has 0 radical (unpaired) electrons. The van der Waals surface area contributed by atoms with Crippen molar-refractivity contribution in [2.45, 2.75) is 89.9 Å². The molecular weight excluding hydrogens is 240 g/mol. The van der Waals surface area contributed by atoms with Crippen LogP contribution in [0, 0.1) is 35.5 Å². The molecule has 0 aliphatic heterocycles. The Bertz CT molecular complexity index is 244. The lowest BCUT2D eigenvalue weighted by molar-refractivity contribution is 0.116. The molecule has 0 heteroatoms. The van der Waals surface area contributed by atoms with Gasteiger partial charge in [-0.2, -0.15) is 0 Å². The highest BCUT2D eigenvalue weighted by Crippen LogP contribution is 2.46. The fourth-order valence-corrected chi connectivity index (χ4v) is 6.43. The molecule has 6 fully saturated rings. The number of hydrogen-bond acceptors (Lipinski definition) is 0. The first-order valence-corrected chi connectivity index (χ1v) is 9.85. The highest BCUT2D eigenvalue weighted by atomic mass is 14.4. The first-order chi connectivity index (χ1) is 9.85. The van der Waals surface area contributed by atoms with Crippen LogP contribution in [0.5, 0.6) is 0 Å². The fourth-order valence-electron chi connectivity index (χ4n) is 6.43. The average molecular weight is 274 g/mol. The summed E-state index contributed by atoms with van der Waals surface area (Å²) in [7, 11) is 0. The van der Waals surface area contributed by atoms with E-state index in [1.165, 1.54) is 0 Å². The number of rotatable bonds is 0. The van der Waals surface area contributed by atoms with Crippen molar-refractivity contribution in [1.82, 2.24) is 0 Å². The molecule has 0 aromatic heterocycles. The standard InChI is InChI=1S/C20H34/c1-2-16-4-3-15(1)11-19-9-10-20(12-16)14-18-7-5-17(13-19)6-8-18/h15-20H,1-14H2. The van der Waals surface area contributed by atoms with Crippen molar-refractivity contribution >= 4 is 0 Å².